The summed E-state index contributed by atoms with van der Waals surface area (Å²) in [5, 5.41) is 22.5. The lowest BCUT2D eigenvalue weighted by Gasteiger charge is -2.46. The van der Waals surface area contributed by atoms with E-state index in [-0.39, 0.29) is 42.0 Å². The molecule has 1 saturated carbocycles. The Morgan fingerprint density at radius 1 is 0.821 bits per heavy atom. The number of hydrogen-bond donors (Lipinski definition) is 3. The van der Waals surface area contributed by atoms with E-state index in [1.165, 1.54) is 5.56 Å². The highest BCUT2D eigenvalue weighted by atomic mass is 19.1. The number of phenols is 1. The van der Waals surface area contributed by atoms with Crippen molar-refractivity contribution in [3.05, 3.63) is 78.4 Å². The van der Waals surface area contributed by atoms with Gasteiger partial charge in [0.05, 0.1) is 48.2 Å². The second kappa shape index (κ2) is 16.9. The zero-order chi connectivity index (χ0) is 45.4. The first-order valence-corrected chi connectivity index (χ1v) is 24.3. The summed E-state index contributed by atoms with van der Waals surface area (Å²) in [4.78, 5) is 40.4. The number of nitrogens with one attached hydrogen (secondary N) is 1. The minimum absolute atomic E-state index is 0.00837. The first-order chi connectivity index (χ1) is 32.6. The number of piperazine rings is 1. The topological polar surface area (TPSA) is 171 Å². The summed E-state index contributed by atoms with van der Waals surface area (Å²) in [5.74, 6) is 0.561. The number of piperidine rings is 2. The number of phenolic OH excluding ortho intramolecular Hbond substituents is 1. The molecule has 9 heterocycles. The van der Waals surface area contributed by atoms with Gasteiger partial charge in [0.2, 0.25) is 5.91 Å². The van der Waals surface area contributed by atoms with E-state index in [2.05, 4.69) is 51.9 Å². The fraction of sp³-hybridized carbons (Fsp3) is 0.500. The van der Waals surface area contributed by atoms with E-state index in [1.54, 1.807) is 29.3 Å². The number of aromatic hydroxyl groups is 1. The van der Waals surface area contributed by atoms with E-state index >= 15 is 4.39 Å². The van der Waals surface area contributed by atoms with Crippen LogP contribution < -0.4 is 30.7 Å². The Labute approximate surface area is 388 Å². The number of amides is 3. The van der Waals surface area contributed by atoms with Gasteiger partial charge in [0, 0.05) is 107 Å². The molecule has 4 N–H and O–H groups in total. The van der Waals surface area contributed by atoms with Crippen molar-refractivity contribution in [2.45, 2.75) is 87.6 Å². The van der Waals surface area contributed by atoms with E-state index in [9.17, 15) is 14.7 Å². The largest absolute Gasteiger partial charge is 0.507 e. The maximum absolute atomic E-state index is 15.7. The van der Waals surface area contributed by atoms with Crippen molar-refractivity contribution < 1.29 is 28.6 Å². The number of benzene rings is 2. The third-order valence-corrected chi connectivity index (χ3v) is 15.7. The van der Waals surface area contributed by atoms with Crippen LogP contribution in [-0.4, -0.2) is 125 Å². The number of anilines is 5. The van der Waals surface area contributed by atoms with Gasteiger partial charge in [-0.15, -0.1) is 10.2 Å². The number of halogens is 1. The van der Waals surface area contributed by atoms with E-state index < -0.39 is 11.8 Å². The van der Waals surface area contributed by atoms with Gasteiger partial charge < -0.3 is 44.5 Å². The van der Waals surface area contributed by atoms with Crippen molar-refractivity contribution in [2.24, 2.45) is 5.92 Å². The van der Waals surface area contributed by atoms with Gasteiger partial charge in [-0.05, 0) is 98.4 Å². The number of imide groups is 1. The molecule has 17 heteroatoms. The molecular weight excluding hydrogens is 854 g/mol. The number of fused-ring (bicyclic) bond motifs is 3. The van der Waals surface area contributed by atoms with Crippen LogP contribution in [-0.2, 0) is 14.3 Å². The molecule has 1 aliphatic carbocycles. The SMILES string of the molecule is Nc1nnc(-c2ccccc2O)cc1N1C[C@H]2CC[C@@H](C1)N2c1ccc(F)c(N2CCC(CN3CCC4(CC3)OCC(n3cc(C5CC5)c5cc(N6CCC(=O)NC6=O)cnc53)CO4)CC2)c1. The fourth-order valence-electron chi connectivity index (χ4n) is 11.8. The average Bonchev–Trinajstić information content (AvgIpc) is 4.07. The molecule has 0 unspecified atom stereocenters. The Balaban J connectivity index is 0.638. The van der Waals surface area contributed by atoms with E-state index in [0.717, 1.165) is 120 Å². The number of carbonyl (C=O) groups is 2. The summed E-state index contributed by atoms with van der Waals surface area (Å²) >= 11 is 0. The van der Waals surface area contributed by atoms with E-state index in [4.69, 9.17) is 20.2 Å². The van der Waals surface area contributed by atoms with Gasteiger partial charge in [-0.1, -0.05) is 12.1 Å². The molecule has 12 rings (SSSR count). The highest BCUT2D eigenvalue weighted by Gasteiger charge is 2.44. The van der Waals surface area contributed by atoms with Crippen LogP contribution in [0.15, 0.2) is 67.0 Å². The molecule has 2 aromatic carbocycles. The van der Waals surface area contributed by atoms with Crippen molar-refractivity contribution in [3.63, 3.8) is 0 Å². The molecule has 16 nitrogen and oxygen atoms in total. The Hall–Kier alpha value is -6.04. The number of nitrogens with two attached hydrogens (primary N) is 1. The molecule has 3 amide bonds. The molecule has 0 radical (unpaired) electrons. The number of carbonyl (C=O) groups excluding carboxylic acids is 2. The standard InChI is InChI=1S/C50H58FN11O5/c51-41-10-9-33(62-34-7-8-35(62)27-59(26-34)44-23-42(55-56-47(44)52)38-3-1-2-4-45(38)63)22-43(41)58-16-11-31(12-17-58)25-57-19-14-50(15-20-57)66-29-37(30-67-50)61-28-40(32-5-6-32)39-21-36(24-53-48(39)61)60-18-13-46(64)54-49(60)65/h1-4,9-10,21-24,28,31-32,34-35,37,63H,5-8,11-20,25-27,29-30H2,(H2,52,56)(H,54,64,65)/t34-,35+. The van der Waals surface area contributed by atoms with Gasteiger partial charge in [-0.3, -0.25) is 15.0 Å². The summed E-state index contributed by atoms with van der Waals surface area (Å²) in [7, 11) is 0. The predicted molar refractivity (Wildman–Crippen MR) is 253 cm³/mol. The molecule has 1 spiro atoms. The van der Waals surface area contributed by atoms with E-state index in [1.807, 2.05) is 30.3 Å². The second-order valence-corrected chi connectivity index (χ2v) is 19.9. The summed E-state index contributed by atoms with van der Waals surface area (Å²) in [6.07, 6.45) is 12.3. The summed E-state index contributed by atoms with van der Waals surface area (Å²) < 4.78 is 31.1. The number of pyridine rings is 1. The van der Waals surface area contributed by atoms with Crippen LogP contribution in [0.4, 0.5) is 37.8 Å². The number of para-hydroxylation sites is 1. The molecule has 350 valence electrons. The Bertz CT molecular complexity index is 2690. The number of ether oxygens (including phenoxy) is 2. The Morgan fingerprint density at radius 2 is 1.58 bits per heavy atom. The number of aromatic nitrogens is 4. The number of hydrogen-bond acceptors (Lipinski definition) is 13. The average molecular weight is 912 g/mol. The normalized spacial score (nSPS) is 24.0. The fourth-order valence-corrected chi connectivity index (χ4v) is 11.8. The molecule has 67 heavy (non-hydrogen) atoms. The number of rotatable bonds is 9. The lowest BCUT2D eigenvalue weighted by molar-refractivity contribution is -0.295. The summed E-state index contributed by atoms with van der Waals surface area (Å²) in [6, 6.07) is 16.9. The molecule has 7 aliphatic rings. The van der Waals surface area contributed by atoms with Crippen LogP contribution in [0.3, 0.4) is 0 Å². The van der Waals surface area contributed by atoms with Gasteiger partial charge in [0.1, 0.15) is 17.2 Å². The highest BCUT2D eigenvalue weighted by molar-refractivity contribution is 6.06. The highest BCUT2D eigenvalue weighted by Crippen LogP contribution is 2.46. The molecule has 3 aromatic heterocycles. The van der Waals surface area contributed by atoms with Crippen LogP contribution in [0.2, 0.25) is 0 Å². The first-order valence-electron chi connectivity index (χ1n) is 24.3. The summed E-state index contributed by atoms with van der Waals surface area (Å²) in [6.45, 7) is 7.47. The minimum atomic E-state index is -0.576. The maximum Gasteiger partial charge on any atom is 0.328 e. The lowest BCUT2D eigenvalue weighted by Crippen LogP contribution is -2.54. The quantitative estimate of drug-likeness (QED) is 0.149. The Kier molecular flexibility index (Phi) is 10.7. The monoisotopic (exact) mass is 911 g/mol. The first kappa shape index (κ1) is 42.3. The van der Waals surface area contributed by atoms with Crippen molar-refractivity contribution in [3.8, 4) is 17.0 Å². The molecule has 7 fully saturated rings. The van der Waals surface area contributed by atoms with E-state index in [0.29, 0.717) is 60.0 Å². The van der Waals surface area contributed by atoms with Crippen LogP contribution in [0.1, 0.15) is 75.3 Å². The van der Waals surface area contributed by atoms with Crippen molar-refractivity contribution in [1.82, 2.24) is 30.0 Å². The second-order valence-electron chi connectivity index (χ2n) is 19.9. The summed E-state index contributed by atoms with van der Waals surface area (Å²) in [5.41, 5.74) is 13.0. The number of nitrogen functional groups attached to an aromatic ring is 1. The number of nitrogens with zero attached hydrogens (tertiary/aromatic N) is 9. The van der Waals surface area contributed by atoms with Gasteiger partial charge in [0.25, 0.3) is 0 Å². The maximum atomic E-state index is 15.7. The van der Waals surface area contributed by atoms with Gasteiger partial charge in [0.15, 0.2) is 11.6 Å². The molecule has 6 saturated heterocycles. The zero-order valence-corrected chi connectivity index (χ0v) is 37.7. The molecule has 2 bridgehead atoms. The lowest BCUT2D eigenvalue weighted by atomic mass is 9.94. The number of urea groups is 1. The van der Waals surface area contributed by atoms with Crippen molar-refractivity contribution in [1.29, 1.82) is 0 Å². The Morgan fingerprint density at radius 3 is 2.31 bits per heavy atom. The predicted octanol–water partition coefficient (Wildman–Crippen LogP) is 6.40. The third kappa shape index (κ3) is 7.97. The van der Waals surface area contributed by atoms with Crippen molar-refractivity contribution >= 4 is 51.5 Å². The zero-order valence-electron chi connectivity index (χ0n) is 37.7. The minimum Gasteiger partial charge on any atom is -0.507 e. The molecule has 5 aromatic rings. The van der Waals surface area contributed by atoms with Crippen LogP contribution in [0.5, 0.6) is 5.75 Å². The smallest absolute Gasteiger partial charge is 0.328 e. The molecular formula is C50H58FN11O5. The number of likely N-dealkylation sites (tertiary alicyclic amines) is 1. The molecule has 6 aliphatic heterocycles. The van der Waals surface area contributed by atoms with Crippen LogP contribution in [0.25, 0.3) is 22.3 Å². The van der Waals surface area contributed by atoms with Crippen LogP contribution in [0, 0.1) is 11.7 Å². The van der Waals surface area contributed by atoms with Crippen molar-refractivity contribution in [2.75, 3.05) is 90.9 Å². The molecule has 2 atom stereocenters. The third-order valence-electron chi connectivity index (χ3n) is 15.7. The van der Waals surface area contributed by atoms with Gasteiger partial charge in [-0.25, -0.2) is 14.2 Å². The van der Waals surface area contributed by atoms with Crippen LogP contribution >= 0.6 is 0 Å². The van der Waals surface area contributed by atoms with Gasteiger partial charge >= 0.3 is 6.03 Å². The van der Waals surface area contributed by atoms with Gasteiger partial charge in [-0.2, -0.15) is 0 Å².